The number of rotatable bonds is 6. The summed E-state index contributed by atoms with van der Waals surface area (Å²) in [6.07, 6.45) is 4.11. The molecule has 0 aliphatic carbocycles. The van der Waals surface area contributed by atoms with Gasteiger partial charge in [-0.2, -0.15) is 0 Å². The van der Waals surface area contributed by atoms with E-state index in [9.17, 15) is 14.7 Å². The number of amides is 1. The van der Waals surface area contributed by atoms with Crippen molar-refractivity contribution in [2.24, 2.45) is 0 Å². The van der Waals surface area contributed by atoms with Crippen molar-refractivity contribution in [1.82, 2.24) is 4.98 Å². The van der Waals surface area contributed by atoms with E-state index in [1.54, 1.807) is 42.7 Å². The van der Waals surface area contributed by atoms with Gasteiger partial charge in [0.05, 0.1) is 23.9 Å². The zero-order valence-corrected chi connectivity index (χ0v) is 20.1. The van der Waals surface area contributed by atoms with Crippen LogP contribution < -0.4 is 9.64 Å². The molecule has 0 bridgehead atoms. The van der Waals surface area contributed by atoms with Crippen LogP contribution in [0.1, 0.15) is 36.1 Å². The number of hydrogen-bond acceptors (Lipinski definition) is 5. The molecule has 0 spiro atoms. The summed E-state index contributed by atoms with van der Waals surface area (Å²) in [6, 6.07) is 21.3. The molecular weight excluding hydrogens is 452 g/mol. The topological polar surface area (TPSA) is 79.7 Å². The van der Waals surface area contributed by atoms with E-state index in [2.05, 4.69) is 4.98 Å². The largest absolute Gasteiger partial charge is 0.507 e. The van der Waals surface area contributed by atoms with Crippen LogP contribution in [0.15, 0.2) is 90.8 Å². The first-order chi connectivity index (χ1) is 17.5. The lowest BCUT2D eigenvalue weighted by Gasteiger charge is -2.26. The number of benzene rings is 3. The number of aromatic nitrogens is 1. The molecule has 6 nitrogen and oxygen atoms in total. The number of fused-ring (bicyclic) bond motifs is 1. The van der Waals surface area contributed by atoms with Crippen molar-refractivity contribution in [2.75, 3.05) is 11.5 Å². The number of aliphatic hydroxyl groups excluding tert-OH is 1. The molecule has 3 aromatic carbocycles. The first-order valence-corrected chi connectivity index (χ1v) is 11.9. The van der Waals surface area contributed by atoms with Crippen molar-refractivity contribution in [3.63, 3.8) is 0 Å². The summed E-state index contributed by atoms with van der Waals surface area (Å²) in [5.74, 6) is -0.918. The number of nitrogens with zero attached hydrogens (tertiary/aromatic N) is 2. The molecule has 1 aliphatic rings. The molecule has 0 saturated carbocycles. The smallest absolute Gasteiger partial charge is 0.300 e. The third-order valence-electron chi connectivity index (χ3n) is 6.40. The minimum Gasteiger partial charge on any atom is -0.507 e. The van der Waals surface area contributed by atoms with Gasteiger partial charge in [-0.15, -0.1) is 0 Å². The van der Waals surface area contributed by atoms with Gasteiger partial charge in [0, 0.05) is 23.3 Å². The third kappa shape index (κ3) is 4.01. The molecule has 1 aromatic heterocycles. The normalized spacial score (nSPS) is 17.1. The van der Waals surface area contributed by atoms with E-state index in [4.69, 9.17) is 4.74 Å². The first kappa shape index (κ1) is 23.3. The second-order valence-electron chi connectivity index (χ2n) is 8.78. The molecule has 0 radical (unpaired) electrons. The van der Waals surface area contributed by atoms with Crippen molar-refractivity contribution in [1.29, 1.82) is 0 Å². The van der Waals surface area contributed by atoms with Gasteiger partial charge in [0.1, 0.15) is 11.5 Å². The summed E-state index contributed by atoms with van der Waals surface area (Å²) in [7, 11) is 0. The minimum atomic E-state index is -0.810. The maximum absolute atomic E-state index is 13.5. The van der Waals surface area contributed by atoms with Gasteiger partial charge < -0.3 is 9.84 Å². The number of pyridine rings is 1. The highest BCUT2D eigenvalue weighted by molar-refractivity contribution is 6.52. The van der Waals surface area contributed by atoms with Crippen molar-refractivity contribution in [3.05, 3.63) is 107 Å². The molecule has 180 valence electrons. The molecule has 5 rings (SSSR count). The van der Waals surface area contributed by atoms with E-state index in [0.717, 1.165) is 28.5 Å². The molecule has 1 aliphatic heterocycles. The number of ether oxygens (including phenoxy) is 1. The highest BCUT2D eigenvalue weighted by Gasteiger charge is 2.47. The molecule has 6 heteroatoms. The van der Waals surface area contributed by atoms with Crippen LogP contribution >= 0.6 is 0 Å². The van der Waals surface area contributed by atoms with Gasteiger partial charge in [0.25, 0.3) is 11.7 Å². The van der Waals surface area contributed by atoms with Crippen molar-refractivity contribution in [2.45, 2.75) is 26.3 Å². The number of ketones is 1. The van der Waals surface area contributed by atoms with E-state index in [-0.39, 0.29) is 11.3 Å². The second-order valence-corrected chi connectivity index (χ2v) is 8.78. The van der Waals surface area contributed by atoms with Gasteiger partial charge in [-0.25, -0.2) is 0 Å². The molecule has 36 heavy (non-hydrogen) atoms. The van der Waals surface area contributed by atoms with Gasteiger partial charge in [-0.3, -0.25) is 19.5 Å². The number of aryl methyl sites for hydroxylation is 1. The fourth-order valence-electron chi connectivity index (χ4n) is 4.69. The van der Waals surface area contributed by atoms with Crippen molar-refractivity contribution in [3.8, 4) is 5.75 Å². The monoisotopic (exact) mass is 478 g/mol. The Hall–Kier alpha value is -4.45. The third-order valence-corrected chi connectivity index (χ3v) is 6.40. The van der Waals surface area contributed by atoms with Crippen molar-refractivity contribution >= 4 is 33.9 Å². The number of carbonyl (C=O) groups is 2. The summed E-state index contributed by atoms with van der Waals surface area (Å²) < 4.78 is 5.76. The average Bonchev–Trinajstić information content (AvgIpc) is 3.17. The summed E-state index contributed by atoms with van der Waals surface area (Å²) in [4.78, 5) is 32.6. The van der Waals surface area contributed by atoms with E-state index < -0.39 is 17.7 Å². The number of Topliss-reactive ketones (excluding diaryl/α,β-unsaturated/α-hetero) is 1. The van der Waals surface area contributed by atoms with Crippen LogP contribution in [0.3, 0.4) is 0 Å². The molecule has 2 heterocycles. The average molecular weight is 479 g/mol. The highest BCUT2D eigenvalue weighted by Crippen LogP contribution is 2.44. The maximum atomic E-state index is 13.5. The Labute approximate surface area is 209 Å². The van der Waals surface area contributed by atoms with E-state index >= 15 is 0 Å². The predicted octanol–water partition coefficient (Wildman–Crippen LogP) is 5.96. The Balaban J connectivity index is 1.70. The fraction of sp³-hybridized carbons (Fsp3) is 0.167. The molecular formula is C30H26N2O4. The number of hydrogen-bond donors (Lipinski definition) is 1. The minimum absolute atomic E-state index is 0.0424. The van der Waals surface area contributed by atoms with Gasteiger partial charge in [-0.1, -0.05) is 43.3 Å². The standard InChI is InChI=1S/C30H26N2O4/c1-3-17-36-25-12-11-22(18-19(25)2)28(33)26-27(21-13-15-31-16-14-21)32(30(35)29(26)34)24-10-6-8-20-7-4-5-9-23(20)24/h4-16,18,27,33H,3,17H2,1-2H3/b28-26+. The Morgan fingerprint density at radius 1 is 1.00 bits per heavy atom. The van der Waals surface area contributed by atoms with Crippen LogP contribution in [-0.2, 0) is 9.59 Å². The fourth-order valence-corrected chi connectivity index (χ4v) is 4.69. The first-order valence-electron chi connectivity index (χ1n) is 11.9. The summed E-state index contributed by atoms with van der Waals surface area (Å²) in [6.45, 7) is 4.50. The Morgan fingerprint density at radius 2 is 1.75 bits per heavy atom. The lowest BCUT2D eigenvalue weighted by Crippen LogP contribution is -2.29. The molecule has 1 saturated heterocycles. The SMILES string of the molecule is CCCOc1ccc(/C(O)=C2\C(=O)C(=O)N(c3cccc4ccccc34)C2c2ccncc2)cc1C. The zero-order chi connectivity index (χ0) is 25.2. The van der Waals surface area contributed by atoms with Crippen LogP contribution in [0.5, 0.6) is 5.75 Å². The molecule has 1 atom stereocenters. The van der Waals surface area contributed by atoms with Gasteiger partial charge in [0.2, 0.25) is 0 Å². The van der Waals surface area contributed by atoms with E-state index in [1.807, 2.05) is 56.3 Å². The maximum Gasteiger partial charge on any atom is 0.300 e. The molecule has 1 fully saturated rings. The zero-order valence-electron chi connectivity index (χ0n) is 20.1. The van der Waals surface area contributed by atoms with E-state index in [1.165, 1.54) is 4.90 Å². The summed E-state index contributed by atoms with van der Waals surface area (Å²) in [5.41, 5.74) is 2.61. The summed E-state index contributed by atoms with van der Waals surface area (Å²) in [5, 5.41) is 13.2. The summed E-state index contributed by atoms with van der Waals surface area (Å²) >= 11 is 0. The second kappa shape index (κ2) is 9.66. The lowest BCUT2D eigenvalue weighted by molar-refractivity contribution is -0.132. The Kier molecular flexibility index (Phi) is 6.25. The van der Waals surface area contributed by atoms with Gasteiger partial charge >= 0.3 is 0 Å². The lowest BCUT2D eigenvalue weighted by atomic mass is 9.95. The molecule has 1 amide bonds. The van der Waals surface area contributed by atoms with E-state index in [0.29, 0.717) is 23.4 Å². The van der Waals surface area contributed by atoms with Gasteiger partial charge in [0.15, 0.2) is 0 Å². The van der Waals surface area contributed by atoms with Crippen LogP contribution in [0, 0.1) is 6.92 Å². The van der Waals surface area contributed by atoms with Crippen LogP contribution in [0.4, 0.5) is 5.69 Å². The molecule has 1 unspecified atom stereocenters. The highest BCUT2D eigenvalue weighted by atomic mass is 16.5. The predicted molar refractivity (Wildman–Crippen MR) is 140 cm³/mol. The number of carbonyl (C=O) groups excluding carboxylic acids is 2. The van der Waals surface area contributed by atoms with Crippen molar-refractivity contribution < 1.29 is 19.4 Å². The van der Waals surface area contributed by atoms with Crippen LogP contribution in [0.25, 0.3) is 16.5 Å². The van der Waals surface area contributed by atoms with Crippen LogP contribution in [-0.4, -0.2) is 28.4 Å². The molecule has 1 N–H and O–H groups in total. The number of anilines is 1. The number of aliphatic hydroxyl groups is 1. The van der Waals surface area contributed by atoms with Crippen LogP contribution in [0.2, 0.25) is 0 Å². The molecule has 4 aromatic rings. The quantitative estimate of drug-likeness (QED) is 0.210. The van der Waals surface area contributed by atoms with Gasteiger partial charge in [-0.05, 0) is 66.3 Å². The Morgan fingerprint density at radius 3 is 2.50 bits per heavy atom. The Bertz CT molecular complexity index is 1490.